The number of anilines is 1. The molecule has 1 N–H and O–H groups in total. The third-order valence-electron chi connectivity index (χ3n) is 3.96. The van der Waals surface area contributed by atoms with E-state index in [1.807, 2.05) is 12.1 Å². The second-order valence-electron chi connectivity index (χ2n) is 5.77. The van der Waals surface area contributed by atoms with Crippen LogP contribution in [0.3, 0.4) is 0 Å². The average Bonchev–Trinajstić information content (AvgIpc) is 3.32. The van der Waals surface area contributed by atoms with Crippen molar-refractivity contribution in [1.82, 2.24) is 0 Å². The molecule has 1 fully saturated rings. The zero-order valence-corrected chi connectivity index (χ0v) is 12.2. The van der Waals surface area contributed by atoms with E-state index in [1.54, 1.807) is 6.07 Å². The smallest absolute Gasteiger partial charge is 0.385 e. The largest absolute Gasteiger partial charge is 0.416 e. The minimum atomic E-state index is -4.28. The maximum Gasteiger partial charge on any atom is 0.416 e. The van der Waals surface area contributed by atoms with Gasteiger partial charge in [-0.3, -0.25) is 0 Å². The Hall–Kier alpha value is -1.97. The van der Waals surface area contributed by atoms with E-state index in [0.29, 0.717) is 18.5 Å². The fourth-order valence-corrected chi connectivity index (χ4v) is 2.54. The fourth-order valence-electron chi connectivity index (χ4n) is 2.54. The molecule has 0 atom stereocenters. The molecule has 0 aromatic heterocycles. The predicted octanol–water partition coefficient (Wildman–Crippen LogP) is 5.24. The van der Waals surface area contributed by atoms with E-state index < -0.39 is 11.7 Å². The molecule has 0 amide bonds. The van der Waals surface area contributed by atoms with E-state index in [-0.39, 0.29) is 0 Å². The molecule has 1 aliphatic rings. The lowest BCUT2D eigenvalue weighted by Crippen LogP contribution is -2.08. The molecule has 116 valence electrons. The lowest BCUT2D eigenvalue weighted by Gasteiger charge is -2.10. The summed E-state index contributed by atoms with van der Waals surface area (Å²) in [5, 5.41) is 3.26. The van der Waals surface area contributed by atoms with Gasteiger partial charge in [0.2, 0.25) is 0 Å². The number of rotatable bonds is 5. The van der Waals surface area contributed by atoms with E-state index in [4.69, 9.17) is 0 Å². The molecule has 0 heterocycles. The van der Waals surface area contributed by atoms with Gasteiger partial charge in [-0.15, -0.1) is 0 Å². The van der Waals surface area contributed by atoms with E-state index in [0.717, 1.165) is 17.7 Å². The SMILES string of the molecule is FC(F)(F)c1cccc(CCNc2ccc(C3CC3)cc2)c1. The van der Waals surface area contributed by atoms with Crippen molar-refractivity contribution in [2.75, 3.05) is 11.9 Å². The van der Waals surface area contributed by atoms with Crippen LogP contribution in [-0.2, 0) is 12.6 Å². The Bertz CT molecular complexity index is 628. The van der Waals surface area contributed by atoms with Crippen LogP contribution in [0.25, 0.3) is 0 Å². The van der Waals surface area contributed by atoms with Gasteiger partial charge in [0.15, 0.2) is 0 Å². The normalized spacial score (nSPS) is 14.9. The Morgan fingerprint density at radius 3 is 2.36 bits per heavy atom. The third kappa shape index (κ3) is 3.81. The van der Waals surface area contributed by atoms with Crippen LogP contribution in [0.2, 0.25) is 0 Å². The summed E-state index contributed by atoms with van der Waals surface area (Å²) in [6.07, 6.45) is -1.15. The van der Waals surface area contributed by atoms with E-state index in [1.165, 1.54) is 30.5 Å². The molecule has 2 aromatic rings. The van der Waals surface area contributed by atoms with Gasteiger partial charge in [-0.05, 0) is 54.5 Å². The first-order valence-electron chi connectivity index (χ1n) is 7.52. The van der Waals surface area contributed by atoms with Gasteiger partial charge in [0.05, 0.1) is 5.56 Å². The molecule has 1 saturated carbocycles. The number of halogens is 3. The van der Waals surface area contributed by atoms with Crippen LogP contribution in [0.4, 0.5) is 18.9 Å². The highest BCUT2D eigenvalue weighted by atomic mass is 19.4. The van der Waals surface area contributed by atoms with Gasteiger partial charge in [0, 0.05) is 12.2 Å². The van der Waals surface area contributed by atoms with Crippen LogP contribution >= 0.6 is 0 Å². The second kappa shape index (κ2) is 6.03. The molecule has 4 heteroatoms. The summed E-state index contributed by atoms with van der Waals surface area (Å²) in [6.45, 7) is 0.615. The van der Waals surface area contributed by atoms with Crippen molar-refractivity contribution in [1.29, 1.82) is 0 Å². The summed E-state index contributed by atoms with van der Waals surface area (Å²) < 4.78 is 37.9. The minimum absolute atomic E-state index is 0.564. The van der Waals surface area contributed by atoms with Crippen molar-refractivity contribution in [2.45, 2.75) is 31.4 Å². The van der Waals surface area contributed by atoms with Crippen molar-refractivity contribution in [3.8, 4) is 0 Å². The van der Waals surface area contributed by atoms with Crippen molar-refractivity contribution in [2.24, 2.45) is 0 Å². The molecule has 0 unspecified atom stereocenters. The van der Waals surface area contributed by atoms with Crippen molar-refractivity contribution < 1.29 is 13.2 Å². The highest BCUT2D eigenvalue weighted by molar-refractivity contribution is 5.46. The molecule has 0 radical (unpaired) electrons. The van der Waals surface area contributed by atoms with Crippen molar-refractivity contribution in [3.05, 3.63) is 65.2 Å². The van der Waals surface area contributed by atoms with Gasteiger partial charge in [0.25, 0.3) is 0 Å². The quantitative estimate of drug-likeness (QED) is 0.797. The number of nitrogens with one attached hydrogen (secondary N) is 1. The number of benzene rings is 2. The molecule has 1 aliphatic carbocycles. The first-order chi connectivity index (χ1) is 10.5. The van der Waals surface area contributed by atoms with Crippen LogP contribution in [0, 0.1) is 0 Å². The summed E-state index contributed by atoms with van der Waals surface area (Å²) in [5.41, 5.74) is 2.50. The van der Waals surface area contributed by atoms with Crippen LogP contribution in [0.1, 0.15) is 35.4 Å². The Balaban J connectivity index is 1.54. The molecule has 1 nitrogen and oxygen atoms in total. The predicted molar refractivity (Wildman–Crippen MR) is 82.1 cm³/mol. The molecule has 0 saturated heterocycles. The topological polar surface area (TPSA) is 12.0 Å². The van der Waals surface area contributed by atoms with Crippen LogP contribution < -0.4 is 5.32 Å². The van der Waals surface area contributed by atoms with Crippen LogP contribution in [0.5, 0.6) is 0 Å². The molecule has 0 bridgehead atoms. The molecule has 0 aliphatic heterocycles. The Morgan fingerprint density at radius 2 is 1.73 bits per heavy atom. The molecule has 3 rings (SSSR count). The van der Waals surface area contributed by atoms with E-state index in [2.05, 4.69) is 17.4 Å². The minimum Gasteiger partial charge on any atom is -0.385 e. The van der Waals surface area contributed by atoms with Crippen LogP contribution in [-0.4, -0.2) is 6.54 Å². The standard InChI is InChI=1S/C18H18F3N/c19-18(20,21)16-3-1-2-13(12-16)10-11-22-17-8-6-15(7-9-17)14-4-5-14/h1-3,6-9,12,14,22H,4-5,10-11H2. The number of alkyl halides is 3. The lowest BCUT2D eigenvalue weighted by atomic mass is 10.1. The van der Waals surface area contributed by atoms with Gasteiger partial charge >= 0.3 is 6.18 Å². The third-order valence-corrected chi connectivity index (χ3v) is 3.96. The van der Waals surface area contributed by atoms with Gasteiger partial charge in [0.1, 0.15) is 0 Å². The first-order valence-corrected chi connectivity index (χ1v) is 7.52. The molecule has 0 spiro atoms. The number of hydrogen-bond donors (Lipinski definition) is 1. The maximum absolute atomic E-state index is 12.6. The van der Waals surface area contributed by atoms with E-state index >= 15 is 0 Å². The highest BCUT2D eigenvalue weighted by Gasteiger charge is 2.30. The molecular formula is C18H18F3N. The van der Waals surface area contributed by atoms with Crippen LogP contribution in [0.15, 0.2) is 48.5 Å². The van der Waals surface area contributed by atoms with Gasteiger partial charge in [-0.2, -0.15) is 13.2 Å². The average molecular weight is 305 g/mol. The van der Waals surface area contributed by atoms with Crippen molar-refractivity contribution >= 4 is 5.69 Å². The van der Waals surface area contributed by atoms with Crippen molar-refractivity contribution in [3.63, 3.8) is 0 Å². The summed E-state index contributed by atoms with van der Waals surface area (Å²) in [7, 11) is 0. The monoisotopic (exact) mass is 305 g/mol. The summed E-state index contributed by atoms with van der Waals surface area (Å²) in [5.74, 6) is 0.735. The zero-order chi connectivity index (χ0) is 15.6. The van der Waals surface area contributed by atoms with Gasteiger partial charge in [-0.1, -0.05) is 30.3 Å². The van der Waals surface area contributed by atoms with E-state index in [9.17, 15) is 13.2 Å². The summed E-state index contributed by atoms with van der Waals surface area (Å²) in [6, 6.07) is 13.9. The molecule has 2 aromatic carbocycles. The summed E-state index contributed by atoms with van der Waals surface area (Å²) in [4.78, 5) is 0. The Labute approximate surface area is 128 Å². The number of hydrogen-bond acceptors (Lipinski definition) is 1. The van der Waals surface area contributed by atoms with Gasteiger partial charge < -0.3 is 5.32 Å². The lowest BCUT2D eigenvalue weighted by molar-refractivity contribution is -0.137. The Kier molecular flexibility index (Phi) is 4.10. The molecular weight excluding hydrogens is 287 g/mol. The zero-order valence-electron chi connectivity index (χ0n) is 12.2. The first kappa shape index (κ1) is 14.9. The maximum atomic E-state index is 12.6. The van der Waals surface area contributed by atoms with Gasteiger partial charge in [-0.25, -0.2) is 0 Å². The molecule has 22 heavy (non-hydrogen) atoms. The highest BCUT2D eigenvalue weighted by Crippen LogP contribution is 2.40. The summed E-state index contributed by atoms with van der Waals surface area (Å²) >= 11 is 0. The fraction of sp³-hybridized carbons (Fsp3) is 0.333. The second-order valence-corrected chi connectivity index (χ2v) is 5.77. The Morgan fingerprint density at radius 1 is 1.00 bits per heavy atom.